The minimum absolute atomic E-state index is 0.0700. The van der Waals surface area contributed by atoms with Crippen LogP contribution in [0.1, 0.15) is 103 Å². The number of fused-ring (bicyclic) bond motifs is 1. The first kappa shape index (κ1) is 24.5. The monoisotopic (exact) mass is 415 g/mol. The number of benzene rings is 1. The van der Waals surface area contributed by atoms with Crippen molar-refractivity contribution >= 4 is 16.9 Å². The zero-order chi connectivity index (χ0) is 21.6. The summed E-state index contributed by atoms with van der Waals surface area (Å²) < 4.78 is 1.50. The zero-order valence-corrected chi connectivity index (χ0v) is 19.1. The number of aromatic nitrogens is 1. The number of nitrogens with zero attached hydrogens (tertiary/aromatic N) is 1. The van der Waals surface area contributed by atoms with E-state index in [-0.39, 0.29) is 18.5 Å². The molecule has 2 aromatic rings. The normalized spacial score (nSPS) is 12.4. The molecule has 2 rings (SSSR count). The third-order valence-electron chi connectivity index (χ3n) is 6.01. The van der Waals surface area contributed by atoms with E-state index in [4.69, 9.17) is 4.84 Å². The van der Waals surface area contributed by atoms with Crippen LogP contribution < -0.4 is 4.84 Å². The molecule has 1 aromatic carbocycles. The fourth-order valence-corrected chi connectivity index (χ4v) is 4.02. The number of carbonyl (C=O) groups excluding carboxylic acids is 1. The van der Waals surface area contributed by atoms with E-state index in [1.807, 2.05) is 31.2 Å². The molecular weight excluding hydrogens is 374 g/mol. The van der Waals surface area contributed by atoms with Gasteiger partial charge in [-0.3, -0.25) is 0 Å². The van der Waals surface area contributed by atoms with Crippen molar-refractivity contribution in [1.82, 2.24) is 4.73 Å². The molecule has 0 amide bonds. The number of carbonyl (C=O) groups is 1. The number of aliphatic hydroxyl groups is 1. The van der Waals surface area contributed by atoms with Crippen LogP contribution in [0.3, 0.4) is 0 Å². The Morgan fingerprint density at radius 2 is 1.50 bits per heavy atom. The van der Waals surface area contributed by atoms with Crippen LogP contribution in [-0.4, -0.2) is 15.8 Å². The molecule has 0 fully saturated rings. The Balaban J connectivity index is 1.58. The smallest absolute Gasteiger partial charge is 0.335 e. The van der Waals surface area contributed by atoms with Gasteiger partial charge < -0.3 is 9.94 Å². The average Bonchev–Trinajstić information content (AvgIpc) is 3.12. The molecule has 0 radical (unpaired) electrons. The Kier molecular flexibility index (Phi) is 11.6. The molecule has 1 aromatic heterocycles. The largest absolute Gasteiger partial charge is 0.392 e. The Bertz CT molecular complexity index is 737. The fraction of sp³-hybridized carbons (Fsp3) is 0.654. The molecule has 0 aliphatic heterocycles. The summed E-state index contributed by atoms with van der Waals surface area (Å²) in [5, 5.41) is 10.4. The van der Waals surface area contributed by atoms with Crippen molar-refractivity contribution in [2.24, 2.45) is 5.92 Å². The molecular formula is C26H41NO3. The maximum absolute atomic E-state index is 12.5. The van der Waals surface area contributed by atoms with Gasteiger partial charge in [0.1, 0.15) is 0 Å². The first-order valence-electron chi connectivity index (χ1n) is 12.1. The van der Waals surface area contributed by atoms with Crippen molar-refractivity contribution in [3.8, 4) is 0 Å². The van der Waals surface area contributed by atoms with E-state index in [1.54, 1.807) is 6.20 Å². The number of rotatable bonds is 16. The van der Waals surface area contributed by atoms with Crippen LogP contribution in [0.4, 0.5) is 0 Å². The highest BCUT2D eigenvalue weighted by Crippen LogP contribution is 2.21. The molecule has 0 aliphatic rings. The molecule has 30 heavy (non-hydrogen) atoms. The lowest BCUT2D eigenvalue weighted by molar-refractivity contribution is -0.148. The molecule has 0 spiro atoms. The first-order valence-corrected chi connectivity index (χ1v) is 12.1. The molecule has 4 heteroatoms. The number of unbranched alkanes of at least 4 members (excludes halogenated alkanes) is 11. The van der Waals surface area contributed by atoms with Gasteiger partial charge in [-0.15, -0.1) is 0 Å². The molecule has 1 heterocycles. The number of hydrogen-bond donors (Lipinski definition) is 1. The van der Waals surface area contributed by atoms with E-state index in [2.05, 4.69) is 6.92 Å². The van der Waals surface area contributed by atoms with E-state index >= 15 is 0 Å². The molecule has 168 valence electrons. The summed E-state index contributed by atoms with van der Waals surface area (Å²) in [7, 11) is 0. The van der Waals surface area contributed by atoms with Crippen LogP contribution in [0.2, 0.25) is 0 Å². The lowest BCUT2D eigenvalue weighted by atomic mass is 10.0. The molecule has 0 bridgehead atoms. The third-order valence-corrected chi connectivity index (χ3v) is 6.01. The second kappa shape index (κ2) is 14.2. The van der Waals surface area contributed by atoms with E-state index < -0.39 is 0 Å². The molecule has 1 N–H and O–H groups in total. The minimum atomic E-state index is -0.205. The van der Waals surface area contributed by atoms with Crippen molar-refractivity contribution in [2.45, 2.75) is 104 Å². The highest BCUT2D eigenvalue weighted by molar-refractivity contribution is 5.84. The number of hydrogen-bond acceptors (Lipinski definition) is 3. The van der Waals surface area contributed by atoms with Gasteiger partial charge in [0.05, 0.1) is 24.2 Å². The van der Waals surface area contributed by atoms with Gasteiger partial charge in [-0.2, -0.15) is 4.73 Å². The van der Waals surface area contributed by atoms with Gasteiger partial charge in [0.25, 0.3) is 0 Å². The van der Waals surface area contributed by atoms with Crippen LogP contribution in [0, 0.1) is 5.92 Å². The Hall–Kier alpha value is -1.81. The van der Waals surface area contributed by atoms with Crippen molar-refractivity contribution in [3.63, 3.8) is 0 Å². The summed E-state index contributed by atoms with van der Waals surface area (Å²) in [4.78, 5) is 18.1. The standard InChI is InChI=1S/C26H41NO3/c1-3-4-5-6-7-8-9-10-11-12-13-14-17-22(2)26(29)30-27-20-23(21-28)24-18-15-16-19-25(24)27/h15-16,18-20,22,28H,3-14,17,21H2,1-2H3. The van der Waals surface area contributed by atoms with Gasteiger partial charge >= 0.3 is 5.97 Å². The summed E-state index contributed by atoms with van der Waals surface area (Å²) in [6.45, 7) is 4.14. The summed E-state index contributed by atoms with van der Waals surface area (Å²) in [5.74, 6) is -0.324. The number of para-hydroxylation sites is 1. The SMILES string of the molecule is CCCCCCCCCCCCCCC(C)C(=O)On1cc(CO)c2ccccc21. The van der Waals surface area contributed by atoms with Crippen LogP contribution in [0.5, 0.6) is 0 Å². The van der Waals surface area contributed by atoms with Gasteiger partial charge in [0.2, 0.25) is 0 Å². The molecule has 1 unspecified atom stereocenters. The Morgan fingerprint density at radius 3 is 2.10 bits per heavy atom. The molecule has 1 atom stereocenters. The molecule has 0 aliphatic carbocycles. The predicted molar refractivity (Wildman–Crippen MR) is 124 cm³/mol. The highest BCUT2D eigenvalue weighted by Gasteiger charge is 2.17. The maximum atomic E-state index is 12.5. The summed E-state index contributed by atoms with van der Waals surface area (Å²) in [5.41, 5.74) is 1.58. The van der Waals surface area contributed by atoms with E-state index in [0.717, 1.165) is 29.3 Å². The second-order valence-electron chi connectivity index (χ2n) is 8.64. The zero-order valence-electron chi connectivity index (χ0n) is 19.1. The Morgan fingerprint density at radius 1 is 0.933 bits per heavy atom. The lowest BCUT2D eigenvalue weighted by Gasteiger charge is -2.12. The van der Waals surface area contributed by atoms with Gasteiger partial charge in [-0.1, -0.05) is 109 Å². The number of aliphatic hydroxyl groups excluding tert-OH is 1. The average molecular weight is 416 g/mol. The summed E-state index contributed by atoms with van der Waals surface area (Å²) >= 11 is 0. The first-order chi connectivity index (χ1) is 14.7. The molecule has 0 saturated heterocycles. The molecule has 0 saturated carbocycles. The summed E-state index contributed by atoms with van der Waals surface area (Å²) in [6, 6.07) is 7.66. The maximum Gasteiger partial charge on any atom is 0.335 e. The van der Waals surface area contributed by atoms with E-state index in [0.29, 0.717) is 0 Å². The van der Waals surface area contributed by atoms with Crippen LogP contribution in [0.25, 0.3) is 10.9 Å². The molecule has 4 nitrogen and oxygen atoms in total. The van der Waals surface area contributed by atoms with Gasteiger partial charge in [0.15, 0.2) is 0 Å². The highest BCUT2D eigenvalue weighted by atomic mass is 16.7. The van der Waals surface area contributed by atoms with Crippen LogP contribution in [0.15, 0.2) is 30.5 Å². The minimum Gasteiger partial charge on any atom is -0.392 e. The van der Waals surface area contributed by atoms with Gasteiger partial charge in [0, 0.05) is 10.9 Å². The fourth-order valence-electron chi connectivity index (χ4n) is 4.02. The van der Waals surface area contributed by atoms with E-state index in [1.165, 1.54) is 75.4 Å². The van der Waals surface area contributed by atoms with Crippen LogP contribution >= 0.6 is 0 Å². The van der Waals surface area contributed by atoms with Crippen LogP contribution in [-0.2, 0) is 11.4 Å². The third kappa shape index (κ3) is 8.14. The van der Waals surface area contributed by atoms with E-state index in [9.17, 15) is 9.90 Å². The van der Waals surface area contributed by atoms with Crippen molar-refractivity contribution in [2.75, 3.05) is 0 Å². The predicted octanol–water partition coefficient (Wildman–Crippen LogP) is 6.82. The lowest BCUT2D eigenvalue weighted by Crippen LogP contribution is -2.25. The van der Waals surface area contributed by atoms with Crippen molar-refractivity contribution < 1.29 is 14.7 Å². The quantitative estimate of drug-likeness (QED) is 0.306. The van der Waals surface area contributed by atoms with Crippen molar-refractivity contribution in [3.05, 3.63) is 36.0 Å². The van der Waals surface area contributed by atoms with Crippen molar-refractivity contribution in [1.29, 1.82) is 0 Å². The van der Waals surface area contributed by atoms with Gasteiger partial charge in [-0.05, 0) is 12.5 Å². The Labute approximate surface area is 182 Å². The second-order valence-corrected chi connectivity index (χ2v) is 8.64. The topological polar surface area (TPSA) is 51.5 Å². The summed E-state index contributed by atoms with van der Waals surface area (Å²) in [6.07, 6.45) is 18.4. The van der Waals surface area contributed by atoms with Gasteiger partial charge in [-0.25, -0.2) is 4.79 Å².